The summed E-state index contributed by atoms with van der Waals surface area (Å²) in [6.45, 7) is 6.24. The van der Waals surface area contributed by atoms with Crippen LogP contribution >= 0.6 is 45.2 Å². The van der Waals surface area contributed by atoms with Crippen molar-refractivity contribution >= 4 is 90.1 Å². The number of phenolic OH excluding ortho intramolecular Hbond substituents is 1. The van der Waals surface area contributed by atoms with Crippen molar-refractivity contribution in [1.82, 2.24) is 0 Å². The van der Waals surface area contributed by atoms with Gasteiger partial charge in [-0.05, 0) is 0 Å². The molecule has 0 fully saturated rings. The molecule has 2 heterocycles. The Kier molecular flexibility index (Phi) is 5.26. The zero-order valence-electron chi connectivity index (χ0n) is 14.4. The number of nitrogens with zero attached hydrogens (tertiary/aromatic N) is 1. The summed E-state index contributed by atoms with van der Waals surface area (Å²) in [4.78, 5) is 17.0. The Balaban J connectivity index is 2.09. The molecule has 1 aliphatic heterocycles. The Labute approximate surface area is 192 Å². The van der Waals surface area contributed by atoms with Crippen molar-refractivity contribution in [2.24, 2.45) is 4.99 Å². The molecule has 1 aliphatic carbocycles. The standard InChI is InChI=1S/C20H15I2NO2SeSi/c1-3-8-27(2)17-9-11(24)4-5-13(17)23-14-6-7-15(25)18(19(14)27)16-10-12(21)20(22)26-16/h3-7,9-10,25H,1,8H2,2H3. The Bertz CT molecular complexity index is 1080. The summed E-state index contributed by atoms with van der Waals surface area (Å²) in [5.74, 6) is 0.309. The van der Waals surface area contributed by atoms with E-state index in [4.69, 9.17) is 4.99 Å². The summed E-state index contributed by atoms with van der Waals surface area (Å²) >= 11 is 4.93. The van der Waals surface area contributed by atoms with E-state index in [1.165, 1.54) is 10.5 Å². The van der Waals surface area contributed by atoms with Crippen LogP contribution in [0.4, 0.5) is 5.69 Å². The average molecular weight is 662 g/mol. The molecule has 0 saturated heterocycles. The molecule has 0 bridgehead atoms. The number of rotatable bonds is 3. The Morgan fingerprint density at radius 2 is 2.11 bits per heavy atom. The number of aliphatic imine (C=N–C) groups is 1. The fourth-order valence-corrected chi connectivity index (χ4v) is 12.4. The molecule has 3 nitrogen and oxygen atoms in total. The second kappa shape index (κ2) is 7.26. The maximum absolute atomic E-state index is 12.1. The van der Waals surface area contributed by atoms with E-state index in [1.807, 2.05) is 18.2 Å². The second-order valence-electron chi connectivity index (χ2n) is 6.70. The van der Waals surface area contributed by atoms with Gasteiger partial charge in [0.1, 0.15) is 0 Å². The van der Waals surface area contributed by atoms with Crippen LogP contribution in [-0.4, -0.2) is 39.2 Å². The van der Waals surface area contributed by atoms with Crippen LogP contribution in [0.25, 0.3) is 10.0 Å². The minimum atomic E-state index is -2.32. The molecule has 1 aromatic heterocycles. The van der Waals surface area contributed by atoms with Gasteiger partial charge in [0.2, 0.25) is 0 Å². The number of carbonyl (C=O) groups is 1. The summed E-state index contributed by atoms with van der Waals surface area (Å²) in [7, 11) is -2.32. The zero-order chi connectivity index (χ0) is 19.3. The topological polar surface area (TPSA) is 49.7 Å². The SMILES string of the molecule is C=CC[Si]1(C)C2=CC(=O)C=CC2=Nc2ccc(O)c(-c3cc(I)c(I)[se]3)c21. The van der Waals surface area contributed by atoms with Gasteiger partial charge in [0.25, 0.3) is 0 Å². The molecule has 0 amide bonds. The number of ketones is 1. The van der Waals surface area contributed by atoms with Gasteiger partial charge in [0, 0.05) is 0 Å². The molecule has 4 rings (SSSR count). The Morgan fingerprint density at radius 3 is 2.78 bits per heavy atom. The first-order valence-electron chi connectivity index (χ1n) is 8.31. The van der Waals surface area contributed by atoms with Gasteiger partial charge < -0.3 is 0 Å². The van der Waals surface area contributed by atoms with Crippen molar-refractivity contribution in [3.05, 3.63) is 60.3 Å². The van der Waals surface area contributed by atoms with E-state index in [2.05, 4.69) is 64.4 Å². The average Bonchev–Trinajstić information content (AvgIpc) is 2.95. The summed E-state index contributed by atoms with van der Waals surface area (Å²) in [6.07, 6.45) is 7.09. The van der Waals surface area contributed by atoms with Crippen molar-refractivity contribution in [2.45, 2.75) is 12.6 Å². The minimum absolute atomic E-state index is 0.00644. The van der Waals surface area contributed by atoms with Crippen molar-refractivity contribution in [3.8, 4) is 15.8 Å². The van der Waals surface area contributed by atoms with Crippen LogP contribution in [0.3, 0.4) is 0 Å². The van der Waals surface area contributed by atoms with Gasteiger partial charge in [-0.15, -0.1) is 0 Å². The van der Waals surface area contributed by atoms with E-state index in [0.717, 1.165) is 33.4 Å². The van der Waals surface area contributed by atoms with Gasteiger partial charge in [-0.3, -0.25) is 0 Å². The molecular formula is C20H15I2NO2SeSi. The van der Waals surface area contributed by atoms with Gasteiger partial charge in [0.05, 0.1) is 0 Å². The van der Waals surface area contributed by atoms with Crippen LogP contribution < -0.4 is 5.19 Å². The molecule has 27 heavy (non-hydrogen) atoms. The number of hydrogen-bond donors (Lipinski definition) is 1. The number of carbonyl (C=O) groups excluding carboxylic acids is 1. The third-order valence-corrected chi connectivity index (χ3v) is 15.7. The molecule has 0 radical (unpaired) electrons. The predicted molar refractivity (Wildman–Crippen MR) is 131 cm³/mol. The van der Waals surface area contributed by atoms with Crippen molar-refractivity contribution < 1.29 is 9.90 Å². The molecule has 136 valence electrons. The molecule has 1 unspecified atom stereocenters. The number of phenols is 1. The van der Waals surface area contributed by atoms with E-state index in [0.29, 0.717) is 5.75 Å². The molecule has 0 saturated carbocycles. The molecule has 7 heteroatoms. The maximum atomic E-state index is 12.1. The molecular weight excluding hydrogens is 647 g/mol. The monoisotopic (exact) mass is 663 g/mol. The third kappa shape index (κ3) is 3.21. The van der Waals surface area contributed by atoms with E-state index in [-0.39, 0.29) is 20.3 Å². The first-order valence-corrected chi connectivity index (χ1v) is 14.9. The van der Waals surface area contributed by atoms with E-state index in [1.54, 1.807) is 18.2 Å². The van der Waals surface area contributed by atoms with Gasteiger partial charge in [0.15, 0.2) is 0 Å². The molecule has 1 atom stereocenters. The zero-order valence-corrected chi connectivity index (χ0v) is 21.5. The number of benzene rings is 1. The van der Waals surface area contributed by atoms with E-state index in [9.17, 15) is 9.90 Å². The first kappa shape index (κ1) is 19.6. The summed E-state index contributed by atoms with van der Waals surface area (Å²) in [5, 5.41) is 13.0. The fourth-order valence-electron chi connectivity index (χ4n) is 3.77. The van der Waals surface area contributed by atoms with Gasteiger partial charge in [-0.2, -0.15) is 0 Å². The van der Waals surface area contributed by atoms with Crippen LogP contribution in [0.2, 0.25) is 12.6 Å². The number of allylic oxidation sites excluding steroid dienone is 5. The van der Waals surface area contributed by atoms with Crippen LogP contribution in [-0.2, 0) is 4.79 Å². The summed E-state index contributed by atoms with van der Waals surface area (Å²) in [5.41, 5.74) is 2.72. The summed E-state index contributed by atoms with van der Waals surface area (Å²) in [6, 6.07) is 6.63. The number of halogens is 2. The van der Waals surface area contributed by atoms with Gasteiger partial charge in [-0.1, -0.05) is 0 Å². The second-order valence-corrected chi connectivity index (χ2v) is 16.9. The van der Waals surface area contributed by atoms with Crippen LogP contribution in [0.15, 0.2) is 59.3 Å². The molecule has 2 aromatic rings. The van der Waals surface area contributed by atoms with Gasteiger partial charge in [-0.25, -0.2) is 0 Å². The third-order valence-electron chi connectivity index (χ3n) is 4.96. The molecule has 2 aliphatic rings. The normalized spacial score (nSPS) is 20.6. The van der Waals surface area contributed by atoms with Crippen molar-refractivity contribution in [3.63, 3.8) is 0 Å². The van der Waals surface area contributed by atoms with Crippen molar-refractivity contribution in [1.29, 1.82) is 0 Å². The number of fused-ring (bicyclic) bond motifs is 2. The van der Waals surface area contributed by atoms with Crippen LogP contribution in [0.1, 0.15) is 0 Å². The predicted octanol–water partition coefficient (Wildman–Crippen LogP) is 4.49. The molecule has 1 aromatic carbocycles. The first-order chi connectivity index (χ1) is 12.8. The Hall–Kier alpha value is -0.744. The Morgan fingerprint density at radius 1 is 1.33 bits per heavy atom. The van der Waals surface area contributed by atoms with Crippen molar-refractivity contribution in [2.75, 3.05) is 0 Å². The fraction of sp³-hybridized carbons (Fsp3) is 0.100. The van der Waals surface area contributed by atoms with Crippen LogP contribution in [0.5, 0.6) is 5.75 Å². The quantitative estimate of drug-likeness (QED) is 0.228. The van der Waals surface area contributed by atoms with E-state index < -0.39 is 8.07 Å². The number of aromatic hydroxyl groups is 1. The molecule has 1 N–H and O–H groups in total. The number of hydrogen-bond acceptors (Lipinski definition) is 3. The summed E-state index contributed by atoms with van der Waals surface area (Å²) < 4.78 is 3.77. The van der Waals surface area contributed by atoms with E-state index >= 15 is 0 Å². The molecule has 0 spiro atoms. The van der Waals surface area contributed by atoms with Gasteiger partial charge >= 0.3 is 194 Å². The van der Waals surface area contributed by atoms with Crippen LogP contribution in [0, 0.1) is 6.01 Å².